The zero-order valence-corrected chi connectivity index (χ0v) is 14.0. The summed E-state index contributed by atoms with van der Waals surface area (Å²) in [5, 5.41) is 0.865. The van der Waals surface area contributed by atoms with Gasteiger partial charge in [-0.05, 0) is 30.5 Å². The number of carbonyl (C=O) groups is 1. The van der Waals surface area contributed by atoms with Crippen LogP contribution in [0.3, 0.4) is 0 Å². The molecule has 0 N–H and O–H groups in total. The van der Waals surface area contributed by atoms with Gasteiger partial charge in [-0.2, -0.15) is 0 Å². The molecule has 0 unspecified atom stereocenters. The van der Waals surface area contributed by atoms with E-state index in [-0.39, 0.29) is 5.91 Å². The van der Waals surface area contributed by atoms with Crippen molar-refractivity contribution in [3.8, 4) is 5.75 Å². The van der Waals surface area contributed by atoms with Crippen molar-refractivity contribution in [2.45, 2.75) is 25.4 Å². The predicted molar refractivity (Wildman–Crippen MR) is 86.0 cm³/mol. The lowest BCUT2D eigenvalue weighted by Crippen LogP contribution is -2.41. The SMILES string of the molecule is COc1ccc(CC(=O)N2CCC(OCCBr)CC2)cc1. The van der Waals surface area contributed by atoms with Gasteiger partial charge in [0.1, 0.15) is 5.75 Å². The van der Waals surface area contributed by atoms with E-state index < -0.39 is 0 Å². The highest BCUT2D eigenvalue weighted by atomic mass is 79.9. The monoisotopic (exact) mass is 355 g/mol. The normalized spacial score (nSPS) is 16.0. The first-order valence-electron chi connectivity index (χ1n) is 7.31. The van der Waals surface area contributed by atoms with E-state index in [2.05, 4.69) is 15.9 Å². The van der Waals surface area contributed by atoms with Gasteiger partial charge in [-0.3, -0.25) is 4.79 Å². The lowest BCUT2D eigenvalue weighted by Gasteiger charge is -2.32. The Morgan fingerprint density at radius 1 is 1.29 bits per heavy atom. The minimum atomic E-state index is 0.194. The first-order chi connectivity index (χ1) is 10.2. The van der Waals surface area contributed by atoms with Crippen LogP contribution in [-0.4, -0.2) is 49.0 Å². The molecular formula is C16H22BrNO3. The molecule has 0 bridgehead atoms. The summed E-state index contributed by atoms with van der Waals surface area (Å²) in [5.74, 6) is 1.01. The van der Waals surface area contributed by atoms with Crippen molar-refractivity contribution in [2.75, 3.05) is 32.1 Å². The van der Waals surface area contributed by atoms with Crippen molar-refractivity contribution in [2.24, 2.45) is 0 Å². The van der Waals surface area contributed by atoms with Crippen LogP contribution in [0.5, 0.6) is 5.75 Å². The van der Waals surface area contributed by atoms with Crippen LogP contribution in [-0.2, 0) is 16.0 Å². The molecule has 0 aromatic heterocycles. The molecule has 1 fully saturated rings. The number of alkyl halides is 1. The minimum absolute atomic E-state index is 0.194. The topological polar surface area (TPSA) is 38.8 Å². The van der Waals surface area contributed by atoms with Gasteiger partial charge in [0.05, 0.1) is 26.2 Å². The highest BCUT2D eigenvalue weighted by molar-refractivity contribution is 9.09. The van der Waals surface area contributed by atoms with Gasteiger partial charge in [0.15, 0.2) is 0 Å². The number of methoxy groups -OCH3 is 1. The summed E-state index contributed by atoms with van der Waals surface area (Å²) in [6.07, 6.45) is 2.62. The number of hydrogen-bond donors (Lipinski definition) is 0. The third kappa shape index (κ3) is 5.00. The summed E-state index contributed by atoms with van der Waals surface area (Å²) in [5.41, 5.74) is 1.03. The van der Waals surface area contributed by atoms with E-state index in [1.54, 1.807) is 7.11 Å². The van der Waals surface area contributed by atoms with Gasteiger partial charge in [0.2, 0.25) is 5.91 Å². The average molecular weight is 356 g/mol. The molecule has 1 amide bonds. The molecule has 0 spiro atoms. The molecule has 1 aromatic carbocycles. The van der Waals surface area contributed by atoms with Crippen LogP contribution in [0.1, 0.15) is 18.4 Å². The molecule has 2 rings (SSSR count). The van der Waals surface area contributed by atoms with Gasteiger partial charge in [-0.25, -0.2) is 0 Å². The first-order valence-corrected chi connectivity index (χ1v) is 8.43. The Balaban J connectivity index is 1.78. The molecule has 21 heavy (non-hydrogen) atoms. The molecule has 116 valence electrons. The maximum Gasteiger partial charge on any atom is 0.226 e. The second kappa shape index (κ2) is 8.39. The Bertz CT molecular complexity index is 441. The first kappa shape index (κ1) is 16.3. The fourth-order valence-electron chi connectivity index (χ4n) is 2.51. The van der Waals surface area contributed by atoms with Crippen molar-refractivity contribution in [1.29, 1.82) is 0 Å². The molecule has 1 aromatic rings. The van der Waals surface area contributed by atoms with Crippen molar-refractivity contribution in [3.05, 3.63) is 29.8 Å². The Kier molecular flexibility index (Phi) is 6.51. The minimum Gasteiger partial charge on any atom is -0.497 e. The van der Waals surface area contributed by atoms with E-state index in [0.29, 0.717) is 12.5 Å². The fraction of sp³-hybridized carbons (Fsp3) is 0.562. The van der Waals surface area contributed by atoms with Crippen LogP contribution in [0, 0.1) is 0 Å². The highest BCUT2D eigenvalue weighted by Gasteiger charge is 2.23. The molecule has 0 aliphatic carbocycles. The summed E-state index contributed by atoms with van der Waals surface area (Å²) in [4.78, 5) is 14.2. The van der Waals surface area contributed by atoms with Crippen LogP contribution in [0.25, 0.3) is 0 Å². The van der Waals surface area contributed by atoms with Crippen LogP contribution in [0.4, 0.5) is 0 Å². The van der Waals surface area contributed by atoms with Crippen LogP contribution < -0.4 is 4.74 Å². The largest absolute Gasteiger partial charge is 0.497 e. The Hall–Kier alpha value is -1.07. The maximum absolute atomic E-state index is 12.3. The van der Waals surface area contributed by atoms with Crippen molar-refractivity contribution >= 4 is 21.8 Å². The average Bonchev–Trinajstić information content (AvgIpc) is 2.54. The second-order valence-corrected chi connectivity index (χ2v) is 5.96. The molecule has 1 heterocycles. The van der Waals surface area contributed by atoms with Gasteiger partial charge in [0.25, 0.3) is 0 Å². The summed E-state index contributed by atoms with van der Waals surface area (Å²) >= 11 is 3.36. The quantitative estimate of drug-likeness (QED) is 0.736. The van der Waals surface area contributed by atoms with Gasteiger partial charge >= 0.3 is 0 Å². The zero-order valence-electron chi connectivity index (χ0n) is 12.4. The van der Waals surface area contributed by atoms with E-state index in [9.17, 15) is 4.79 Å². The summed E-state index contributed by atoms with van der Waals surface area (Å²) in [6, 6.07) is 7.68. The lowest BCUT2D eigenvalue weighted by molar-refractivity contribution is -0.133. The Labute approximate surface area is 134 Å². The van der Waals surface area contributed by atoms with Gasteiger partial charge in [-0.15, -0.1) is 0 Å². The molecule has 5 heteroatoms. The molecular weight excluding hydrogens is 334 g/mol. The number of piperidine rings is 1. The molecule has 0 radical (unpaired) electrons. The number of rotatable bonds is 6. The number of nitrogens with zero attached hydrogens (tertiary/aromatic N) is 1. The van der Waals surface area contributed by atoms with Crippen molar-refractivity contribution < 1.29 is 14.3 Å². The number of halogens is 1. The van der Waals surface area contributed by atoms with Gasteiger partial charge in [0, 0.05) is 18.4 Å². The van der Waals surface area contributed by atoms with E-state index in [4.69, 9.17) is 9.47 Å². The Morgan fingerprint density at radius 2 is 1.95 bits per heavy atom. The van der Waals surface area contributed by atoms with Gasteiger partial charge < -0.3 is 14.4 Å². The van der Waals surface area contributed by atoms with Crippen molar-refractivity contribution in [3.63, 3.8) is 0 Å². The van der Waals surface area contributed by atoms with E-state index in [0.717, 1.165) is 49.2 Å². The molecule has 1 aliphatic rings. The molecule has 1 saturated heterocycles. The third-order valence-electron chi connectivity index (χ3n) is 3.74. The van der Waals surface area contributed by atoms with Crippen LogP contribution in [0.2, 0.25) is 0 Å². The number of hydrogen-bond acceptors (Lipinski definition) is 3. The number of carbonyl (C=O) groups excluding carboxylic acids is 1. The number of ether oxygens (including phenoxy) is 2. The third-order valence-corrected chi connectivity index (χ3v) is 4.06. The van der Waals surface area contributed by atoms with E-state index in [1.807, 2.05) is 29.2 Å². The van der Waals surface area contributed by atoms with Crippen molar-refractivity contribution in [1.82, 2.24) is 4.90 Å². The molecule has 1 aliphatic heterocycles. The van der Waals surface area contributed by atoms with Crippen LogP contribution in [0.15, 0.2) is 24.3 Å². The predicted octanol–water partition coefficient (Wildman–Crippen LogP) is 2.64. The summed E-state index contributed by atoms with van der Waals surface area (Å²) in [7, 11) is 1.64. The number of benzene rings is 1. The highest BCUT2D eigenvalue weighted by Crippen LogP contribution is 2.16. The number of likely N-dealkylation sites (tertiary alicyclic amines) is 1. The molecule has 4 nitrogen and oxygen atoms in total. The summed E-state index contributed by atoms with van der Waals surface area (Å²) < 4.78 is 10.8. The lowest BCUT2D eigenvalue weighted by atomic mass is 10.1. The summed E-state index contributed by atoms with van der Waals surface area (Å²) in [6.45, 7) is 2.33. The fourth-order valence-corrected chi connectivity index (χ4v) is 2.70. The Morgan fingerprint density at radius 3 is 2.52 bits per heavy atom. The molecule has 0 saturated carbocycles. The molecule has 0 atom stereocenters. The van der Waals surface area contributed by atoms with E-state index in [1.165, 1.54) is 0 Å². The maximum atomic E-state index is 12.3. The zero-order chi connectivity index (χ0) is 15.1. The van der Waals surface area contributed by atoms with Gasteiger partial charge in [-0.1, -0.05) is 28.1 Å². The smallest absolute Gasteiger partial charge is 0.226 e. The standard InChI is InChI=1S/C16H22BrNO3/c1-20-14-4-2-13(3-5-14)12-16(19)18-9-6-15(7-10-18)21-11-8-17/h2-5,15H,6-12H2,1H3. The van der Waals surface area contributed by atoms with Crippen LogP contribution >= 0.6 is 15.9 Å². The number of amides is 1. The van der Waals surface area contributed by atoms with E-state index >= 15 is 0 Å². The second-order valence-electron chi connectivity index (χ2n) is 5.16.